The summed E-state index contributed by atoms with van der Waals surface area (Å²) in [4.78, 5) is 32.6. The third-order valence-electron chi connectivity index (χ3n) is 7.16. The Morgan fingerprint density at radius 2 is 1.97 bits per heavy atom. The Morgan fingerprint density at radius 3 is 2.74 bits per heavy atom. The molecule has 2 fully saturated rings. The molecule has 1 amide bonds. The molecular weight excluding hydrogens is 482 g/mol. The number of aromatic nitrogens is 7. The molecule has 2 saturated heterocycles. The monoisotopic (exact) mass is 511 g/mol. The number of anilines is 2. The number of nitrogens with zero attached hydrogens (tertiary/aromatic N) is 8. The van der Waals surface area contributed by atoms with E-state index in [0.29, 0.717) is 42.8 Å². The number of benzene rings is 1. The smallest absolute Gasteiger partial charge is 0.219 e. The molecule has 0 radical (unpaired) electrons. The molecule has 5 heterocycles. The first-order valence-electron chi connectivity index (χ1n) is 12.8. The van der Waals surface area contributed by atoms with Crippen LogP contribution in [0.5, 0.6) is 0 Å². The zero-order valence-corrected chi connectivity index (χ0v) is 21.4. The van der Waals surface area contributed by atoms with Gasteiger partial charge in [-0.05, 0) is 31.9 Å². The number of amides is 1. The van der Waals surface area contributed by atoms with Crippen LogP contribution in [0.25, 0.3) is 22.6 Å². The average molecular weight is 512 g/mol. The van der Waals surface area contributed by atoms with Crippen molar-refractivity contribution in [2.24, 2.45) is 0 Å². The van der Waals surface area contributed by atoms with Gasteiger partial charge in [-0.2, -0.15) is 0 Å². The fraction of sp³-hybridized carbons (Fsp3) is 0.370. The second kappa shape index (κ2) is 10.3. The van der Waals surface area contributed by atoms with Gasteiger partial charge in [-0.3, -0.25) is 14.8 Å². The number of carbonyl (C=O) groups excluding carboxylic acids is 1. The van der Waals surface area contributed by atoms with Crippen LogP contribution in [0.4, 0.5) is 11.5 Å². The maximum atomic E-state index is 12.2. The topological polar surface area (TPSA) is 124 Å². The van der Waals surface area contributed by atoms with Crippen LogP contribution in [0.2, 0.25) is 0 Å². The van der Waals surface area contributed by atoms with E-state index in [1.807, 2.05) is 46.1 Å². The van der Waals surface area contributed by atoms with E-state index in [2.05, 4.69) is 32.5 Å². The molecule has 11 nitrogen and oxygen atoms in total. The van der Waals surface area contributed by atoms with Crippen LogP contribution in [-0.2, 0) is 9.53 Å². The highest BCUT2D eigenvalue weighted by atomic mass is 16.5. The molecule has 1 aromatic carbocycles. The van der Waals surface area contributed by atoms with E-state index in [9.17, 15) is 4.79 Å². The lowest BCUT2D eigenvalue weighted by molar-refractivity contribution is -0.132. The molecule has 38 heavy (non-hydrogen) atoms. The molecule has 6 rings (SSSR count). The quantitative estimate of drug-likeness (QED) is 0.413. The first-order valence-corrected chi connectivity index (χ1v) is 12.8. The molecule has 11 heteroatoms. The van der Waals surface area contributed by atoms with Crippen molar-refractivity contribution >= 4 is 17.4 Å². The number of piperidine rings is 1. The van der Waals surface area contributed by atoms with E-state index in [1.165, 1.54) is 0 Å². The number of hydrogen-bond donors (Lipinski definition) is 1. The Hall–Kier alpha value is -4.25. The molecule has 194 valence electrons. The third kappa shape index (κ3) is 4.97. The van der Waals surface area contributed by atoms with E-state index >= 15 is 0 Å². The molecule has 0 bridgehead atoms. The molecular formula is C27H29N9O2. The van der Waals surface area contributed by atoms with Gasteiger partial charge in [-0.25, -0.2) is 14.6 Å². The highest BCUT2D eigenvalue weighted by Crippen LogP contribution is 2.31. The van der Waals surface area contributed by atoms with Gasteiger partial charge in [0.15, 0.2) is 0 Å². The van der Waals surface area contributed by atoms with Gasteiger partial charge in [0, 0.05) is 55.1 Å². The normalized spacial score (nSPS) is 19.7. The van der Waals surface area contributed by atoms with Crippen molar-refractivity contribution in [2.45, 2.75) is 44.7 Å². The molecule has 2 atom stereocenters. The van der Waals surface area contributed by atoms with Crippen LogP contribution in [0.1, 0.15) is 44.5 Å². The van der Waals surface area contributed by atoms with Crippen LogP contribution in [0.3, 0.4) is 0 Å². The van der Waals surface area contributed by atoms with Gasteiger partial charge in [0.25, 0.3) is 0 Å². The first-order chi connectivity index (χ1) is 18.5. The Bertz CT molecular complexity index is 1440. The Morgan fingerprint density at radius 1 is 1.08 bits per heavy atom. The predicted molar refractivity (Wildman–Crippen MR) is 140 cm³/mol. The number of rotatable bonds is 6. The number of hydrogen-bond acceptors (Lipinski definition) is 9. The fourth-order valence-corrected chi connectivity index (χ4v) is 4.90. The zero-order valence-electron chi connectivity index (χ0n) is 21.4. The molecule has 3 aromatic heterocycles. The van der Waals surface area contributed by atoms with E-state index in [4.69, 9.17) is 14.7 Å². The first kappa shape index (κ1) is 24.1. The summed E-state index contributed by atoms with van der Waals surface area (Å²) in [5.41, 5.74) is 3.95. The number of ether oxygens (including phenoxy) is 1. The summed E-state index contributed by atoms with van der Waals surface area (Å²) in [6.45, 7) is 5.63. The fourth-order valence-electron chi connectivity index (χ4n) is 4.90. The minimum atomic E-state index is 0.0316. The Labute approximate surface area is 220 Å². The van der Waals surface area contributed by atoms with Crippen molar-refractivity contribution in [3.63, 3.8) is 0 Å². The van der Waals surface area contributed by atoms with Gasteiger partial charge in [0.05, 0.1) is 31.3 Å². The summed E-state index contributed by atoms with van der Waals surface area (Å²) in [6.07, 6.45) is 8.74. The zero-order chi connectivity index (χ0) is 26.1. The lowest BCUT2D eigenvalue weighted by Gasteiger charge is -2.37. The summed E-state index contributed by atoms with van der Waals surface area (Å²) < 4.78 is 7.13. The van der Waals surface area contributed by atoms with Crippen molar-refractivity contribution in [3.8, 4) is 22.6 Å². The van der Waals surface area contributed by atoms with E-state index < -0.39 is 0 Å². The molecule has 0 unspecified atom stereocenters. The van der Waals surface area contributed by atoms with E-state index in [0.717, 1.165) is 29.8 Å². The summed E-state index contributed by atoms with van der Waals surface area (Å²) in [5.74, 6) is 1.44. The number of likely N-dealkylation sites (tertiary alicyclic amines) is 1. The lowest BCUT2D eigenvalue weighted by atomic mass is 9.92. The van der Waals surface area contributed by atoms with E-state index in [1.54, 1.807) is 25.5 Å². The molecule has 0 saturated carbocycles. The molecule has 0 aliphatic carbocycles. The molecule has 0 spiro atoms. The standard InChI is InChI=1S/C27H29N9O2/c1-17-6-7-20(13-35(17)18(2)37)27-31-23(24-12-28-8-9-29-24)11-26(32-27)30-21-5-3-4-19(10-21)25-14-36(34-33-25)22-15-38-16-22/h3-5,8-12,14,17,20,22H,6-7,13,15-16H2,1-2H3,(H,30,31,32)/t17-,20+/m0/s1. The number of carbonyl (C=O) groups is 1. The van der Waals surface area contributed by atoms with Crippen molar-refractivity contribution in [2.75, 3.05) is 25.1 Å². The Balaban J connectivity index is 1.30. The minimum absolute atomic E-state index is 0.0316. The maximum absolute atomic E-state index is 12.2. The summed E-state index contributed by atoms with van der Waals surface area (Å²) in [7, 11) is 0. The third-order valence-corrected chi connectivity index (χ3v) is 7.16. The van der Waals surface area contributed by atoms with Gasteiger partial charge in [0.1, 0.15) is 29.1 Å². The van der Waals surface area contributed by atoms with Crippen LogP contribution < -0.4 is 5.32 Å². The minimum Gasteiger partial charge on any atom is -0.377 e. The summed E-state index contributed by atoms with van der Waals surface area (Å²) >= 11 is 0. The van der Waals surface area contributed by atoms with E-state index in [-0.39, 0.29) is 23.9 Å². The summed E-state index contributed by atoms with van der Waals surface area (Å²) in [5, 5.41) is 12.1. The van der Waals surface area contributed by atoms with Gasteiger partial charge in [-0.15, -0.1) is 5.10 Å². The SMILES string of the molecule is CC(=O)N1C[C@H](c2nc(Nc3cccc(-c4cn(C5COC5)nn4)c3)cc(-c3cnccn3)n2)CC[C@@H]1C. The molecule has 4 aromatic rings. The highest BCUT2D eigenvalue weighted by Gasteiger charge is 2.30. The van der Waals surface area contributed by atoms with Crippen molar-refractivity contribution in [1.29, 1.82) is 0 Å². The van der Waals surface area contributed by atoms with Crippen molar-refractivity contribution in [1.82, 2.24) is 39.8 Å². The van der Waals surface area contributed by atoms with Crippen LogP contribution in [-0.4, -0.2) is 71.5 Å². The average Bonchev–Trinajstić information content (AvgIpc) is 3.38. The van der Waals surface area contributed by atoms with Gasteiger partial charge >= 0.3 is 0 Å². The molecule has 1 N–H and O–H groups in total. The van der Waals surface area contributed by atoms with Crippen molar-refractivity contribution in [3.05, 3.63) is 60.9 Å². The Kier molecular flexibility index (Phi) is 6.50. The molecule has 2 aliphatic rings. The lowest BCUT2D eigenvalue weighted by Crippen LogP contribution is -2.44. The summed E-state index contributed by atoms with van der Waals surface area (Å²) in [6, 6.07) is 10.3. The number of nitrogens with one attached hydrogen (secondary N) is 1. The van der Waals surface area contributed by atoms with Crippen LogP contribution >= 0.6 is 0 Å². The van der Waals surface area contributed by atoms with Gasteiger partial charge in [-0.1, -0.05) is 17.3 Å². The largest absolute Gasteiger partial charge is 0.377 e. The van der Waals surface area contributed by atoms with Gasteiger partial charge < -0.3 is 15.0 Å². The van der Waals surface area contributed by atoms with Gasteiger partial charge in [0.2, 0.25) is 5.91 Å². The maximum Gasteiger partial charge on any atom is 0.219 e. The molecule has 2 aliphatic heterocycles. The second-order valence-electron chi connectivity index (χ2n) is 9.86. The second-order valence-corrected chi connectivity index (χ2v) is 9.86. The van der Waals surface area contributed by atoms with Crippen molar-refractivity contribution < 1.29 is 9.53 Å². The highest BCUT2D eigenvalue weighted by molar-refractivity contribution is 5.74. The predicted octanol–water partition coefficient (Wildman–Crippen LogP) is 3.62. The van der Waals surface area contributed by atoms with Crippen LogP contribution in [0.15, 0.2) is 55.1 Å². The van der Waals surface area contributed by atoms with Crippen LogP contribution in [0, 0.1) is 0 Å².